The Labute approximate surface area is 96.2 Å². The van der Waals surface area contributed by atoms with Crippen LogP contribution in [0, 0.1) is 0 Å². The lowest BCUT2D eigenvalue weighted by molar-refractivity contribution is 0.210. The van der Waals surface area contributed by atoms with Gasteiger partial charge in [0.25, 0.3) is 0 Å². The van der Waals surface area contributed by atoms with E-state index in [4.69, 9.17) is 22.4 Å². The van der Waals surface area contributed by atoms with Gasteiger partial charge in [-0.25, -0.2) is 4.79 Å². The minimum atomic E-state index is -1.15. The lowest BCUT2D eigenvalue weighted by atomic mass is 10.3. The third-order valence-corrected chi connectivity index (χ3v) is 1.91. The highest BCUT2D eigenvalue weighted by molar-refractivity contribution is 7.80. The Hall–Kier alpha value is -1.53. The molecule has 0 aliphatic rings. The summed E-state index contributed by atoms with van der Waals surface area (Å²) in [5.41, 5.74) is 6.10. The van der Waals surface area contributed by atoms with Gasteiger partial charge >= 0.3 is 6.09 Å². The molecule has 0 heterocycles. The summed E-state index contributed by atoms with van der Waals surface area (Å²) in [6.45, 7) is 0. The number of benzene rings is 1. The molecule has 5 nitrogen and oxygen atoms in total. The second-order valence-corrected chi connectivity index (χ2v) is 3.46. The third kappa shape index (κ3) is 3.61. The Morgan fingerprint density at radius 2 is 2.13 bits per heavy atom. The third-order valence-electron chi connectivity index (χ3n) is 1.48. The molecule has 1 aromatic rings. The zero-order valence-electron chi connectivity index (χ0n) is 7.45. The SMILES string of the molecule is NC(=S)Nc1cc(NC(=O)O)ccc1Cl. The lowest BCUT2D eigenvalue weighted by Gasteiger charge is -2.08. The minimum absolute atomic E-state index is 0.0596. The van der Waals surface area contributed by atoms with Crippen LogP contribution in [-0.4, -0.2) is 16.3 Å². The summed E-state index contributed by atoms with van der Waals surface area (Å²) in [6, 6.07) is 4.56. The summed E-state index contributed by atoms with van der Waals surface area (Å²) in [6.07, 6.45) is -1.15. The highest BCUT2D eigenvalue weighted by atomic mass is 35.5. The average molecular weight is 246 g/mol. The summed E-state index contributed by atoms with van der Waals surface area (Å²) in [5, 5.41) is 13.8. The van der Waals surface area contributed by atoms with Gasteiger partial charge in [-0.15, -0.1) is 0 Å². The molecule has 0 aliphatic heterocycles. The zero-order chi connectivity index (χ0) is 11.4. The molecule has 0 fully saturated rings. The van der Waals surface area contributed by atoms with Gasteiger partial charge in [-0.05, 0) is 30.4 Å². The van der Waals surface area contributed by atoms with E-state index in [9.17, 15) is 4.79 Å². The van der Waals surface area contributed by atoms with E-state index in [-0.39, 0.29) is 5.11 Å². The van der Waals surface area contributed by atoms with Gasteiger partial charge in [-0.2, -0.15) is 0 Å². The van der Waals surface area contributed by atoms with Crippen molar-refractivity contribution in [2.24, 2.45) is 5.73 Å². The van der Waals surface area contributed by atoms with Gasteiger partial charge < -0.3 is 16.2 Å². The zero-order valence-corrected chi connectivity index (χ0v) is 9.02. The molecule has 1 rings (SSSR count). The summed E-state index contributed by atoms with van der Waals surface area (Å²) in [4.78, 5) is 10.4. The first-order valence-corrected chi connectivity index (χ1v) is 4.63. The number of amides is 1. The van der Waals surface area contributed by atoms with Gasteiger partial charge in [0.05, 0.1) is 10.7 Å². The van der Waals surface area contributed by atoms with E-state index in [2.05, 4.69) is 22.9 Å². The maximum atomic E-state index is 10.4. The number of thiocarbonyl (C=S) groups is 1. The molecule has 0 radical (unpaired) electrons. The molecule has 1 aromatic carbocycles. The second-order valence-electron chi connectivity index (χ2n) is 2.61. The number of carboxylic acid groups (broad SMARTS) is 1. The molecule has 0 aromatic heterocycles. The smallest absolute Gasteiger partial charge is 0.409 e. The topological polar surface area (TPSA) is 87.4 Å². The summed E-state index contributed by atoms with van der Waals surface area (Å²) in [5.74, 6) is 0. The van der Waals surface area contributed by atoms with E-state index in [1.54, 1.807) is 0 Å². The molecule has 15 heavy (non-hydrogen) atoms. The highest BCUT2D eigenvalue weighted by Crippen LogP contribution is 2.25. The molecule has 7 heteroatoms. The van der Waals surface area contributed by atoms with Crippen LogP contribution in [0.4, 0.5) is 16.2 Å². The number of nitrogens with one attached hydrogen (secondary N) is 2. The van der Waals surface area contributed by atoms with Crippen molar-refractivity contribution in [2.45, 2.75) is 0 Å². The van der Waals surface area contributed by atoms with Crippen LogP contribution in [0.5, 0.6) is 0 Å². The Morgan fingerprint density at radius 3 is 2.67 bits per heavy atom. The molecule has 1 amide bonds. The van der Waals surface area contributed by atoms with E-state index in [1.165, 1.54) is 18.2 Å². The van der Waals surface area contributed by atoms with Crippen molar-refractivity contribution < 1.29 is 9.90 Å². The van der Waals surface area contributed by atoms with Gasteiger partial charge in [-0.3, -0.25) is 5.32 Å². The van der Waals surface area contributed by atoms with Crippen LogP contribution in [0.3, 0.4) is 0 Å². The summed E-state index contributed by atoms with van der Waals surface area (Å²) in [7, 11) is 0. The molecule has 0 aliphatic carbocycles. The van der Waals surface area contributed by atoms with E-state index in [0.717, 1.165) is 0 Å². The Kier molecular flexibility index (Phi) is 3.70. The molecule has 80 valence electrons. The van der Waals surface area contributed by atoms with Crippen molar-refractivity contribution in [1.29, 1.82) is 0 Å². The summed E-state index contributed by atoms with van der Waals surface area (Å²) >= 11 is 10.5. The predicted octanol–water partition coefficient (Wildman–Crippen LogP) is 2.09. The number of rotatable bonds is 2. The van der Waals surface area contributed by atoms with Crippen molar-refractivity contribution >= 4 is 46.4 Å². The van der Waals surface area contributed by atoms with E-state index >= 15 is 0 Å². The van der Waals surface area contributed by atoms with Crippen molar-refractivity contribution in [3.63, 3.8) is 0 Å². The number of hydrogen-bond donors (Lipinski definition) is 4. The molecular formula is C8H8ClN3O2S. The standard InChI is InChI=1S/C8H8ClN3O2S/c9-5-2-1-4(11-8(13)14)3-6(5)12-7(10)15/h1-3,11H,(H,13,14)(H3,10,12,15). The number of carbonyl (C=O) groups is 1. The fourth-order valence-corrected chi connectivity index (χ4v) is 1.23. The van der Waals surface area contributed by atoms with Crippen molar-refractivity contribution in [1.82, 2.24) is 0 Å². The summed E-state index contributed by atoms with van der Waals surface area (Å²) < 4.78 is 0. The van der Waals surface area contributed by atoms with Crippen molar-refractivity contribution in [3.8, 4) is 0 Å². The molecule has 0 bridgehead atoms. The second kappa shape index (κ2) is 4.81. The van der Waals surface area contributed by atoms with Crippen LogP contribution in [0.2, 0.25) is 5.02 Å². The number of anilines is 2. The molecule has 0 saturated heterocycles. The number of halogens is 1. The van der Waals surface area contributed by atoms with E-state index < -0.39 is 6.09 Å². The largest absolute Gasteiger partial charge is 0.465 e. The fourth-order valence-electron chi connectivity index (χ4n) is 0.955. The molecule has 0 spiro atoms. The van der Waals surface area contributed by atoms with Gasteiger partial charge in [0.1, 0.15) is 0 Å². The van der Waals surface area contributed by atoms with Crippen molar-refractivity contribution in [3.05, 3.63) is 23.2 Å². The molecule has 0 unspecified atom stereocenters. The Balaban J connectivity index is 2.94. The Morgan fingerprint density at radius 1 is 1.47 bits per heavy atom. The van der Waals surface area contributed by atoms with Gasteiger partial charge in [0.2, 0.25) is 0 Å². The van der Waals surface area contributed by atoms with E-state index in [0.29, 0.717) is 16.4 Å². The molecule has 5 N–H and O–H groups in total. The van der Waals surface area contributed by atoms with Crippen LogP contribution in [0.15, 0.2) is 18.2 Å². The maximum Gasteiger partial charge on any atom is 0.409 e. The fraction of sp³-hybridized carbons (Fsp3) is 0. The normalized spacial score (nSPS) is 9.40. The first-order valence-electron chi connectivity index (χ1n) is 3.85. The highest BCUT2D eigenvalue weighted by Gasteiger charge is 2.04. The minimum Gasteiger partial charge on any atom is -0.465 e. The maximum absolute atomic E-state index is 10.4. The Bertz CT molecular complexity index is 411. The average Bonchev–Trinajstić information content (AvgIpc) is 2.09. The van der Waals surface area contributed by atoms with E-state index in [1.807, 2.05) is 0 Å². The monoisotopic (exact) mass is 245 g/mol. The van der Waals surface area contributed by atoms with Gasteiger partial charge in [0, 0.05) is 5.69 Å². The molecule has 0 saturated carbocycles. The van der Waals surface area contributed by atoms with Crippen molar-refractivity contribution in [2.75, 3.05) is 10.6 Å². The van der Waals surface area contributed by atoms with Crippen LogP contribution >= 0.6 is 23.8 Å². The first-order chi connectivity index (χ1) is 6.99. The molecule has 0 atom stereocenters. The number of nitrogens with two attached hydrogens (primary N) is 1. The van der Waals surface area contributed by atoms with Gasteiger partial charge in [0.15, 0.2) is 5.11 Å². The quantitative estimate of drug-likeness (QED) is 0.600. The lowest BCUT2D eigenvalue weighted by Crippen LogP contribution is -2.19. The number of hydrogen-bond acceptors (Lipinski definition) is 2. The van der Waals surface area contributed by atoms with Crippen LogP contribution < -0.4 is 16.4 Å². The van der Waals surface area contributed by atoms with Crippen LogP contribution in [-0.2, 0) is 0 Å². The van der Waals surface area contributed by atoms with Crippen LogP contribution in [0.1, 0.15) is 0 Å². The predicted molar refractivity (Wildman–Crippen MR) is 63.5 cm³/mol. The van der Waals surface area contributed by atoms with Gasteiger partial charge in [-0.1, -0.05) is 11.6 Å². The first kappa shape index (κ1) is 11.5. The van der Waals surface area contributed by atoms with Crippen LogP contribution in [0.25, 0.3) is 0 Å². The molecular weight excluding hydrogens is 238 g/mol.